The minimum absolute atomic E-state index is 0.0282. The summed E-state index contributed by atoms with van der Waals surface area (Å²) < 4.78 is 26.5. The zero-order valence-corrected chi connectivity index (χ0v) is 15.3. The summed E-state index contributed by atoms with van der Waals surface area (Å²) in [6.45, 7) is 1.63. The summed E-state index contributed by atoms with van der Waals surface area (Å²) in [6.07, 6.45) is 0. The second-order valence-electron chi connectivity index (χ2n) is 5.64. The molecule has 0 saturated heterocycles. The Bertz CT molecular complexity index is 1170. The molecule has 9 nitrogen and oxygen atoms in total. The van der Waals surface area contributed by atoms with Gasteiger partial charge in [0.2, 0.25) is 15.9 Å². The fourth-order valence-electron chi connectivity index (χ4n) is 2.53. The zero-order valence-electron chi connectivity index (χ0n) is 14.5. The molecule has 3 rings (SSSR count). The van der Waals surface area contributed by atoms with Crippen molar-refractivity contribution in [2.24, 2.45) is 15.4 Å². The number of aromatic nitrogens is 1. The molecule has 140 valence electrons. The first-order valence-corrected chi connectivity index (χ1v) is 9.33. The van der Waals surface area contributed by atoms with Crippen LogP contribution in [0.2, 0.25) is 0 Å². The van der Waals surface area contributed by atoms with E-state index in [0.29, 0.717) is 22.2 Å². The van der Waals surface area contributed by atoms with Crippen molar-refractivity contribution in [2.75, 3.05) is 7.05 Å². The van der Waals surface area contributed by atoms with Crippen molar-refractivity contribution in [3.8, 4) is 5.88 Å². The average molecular weight is 387 g/mol. The largest absolute Gasteiger partial charge is 0.493 e. The van der Waals surface area contributed by atoms with Crippen molar-refractivity contribution in [3.05, 3.63) is 48.0 Å². The molecule has 3 aromatic rings. The van der Waals surface area contributed by atoms with Gasteiger partial charge in [-0.3, -0.25) is 0 Å². The maximum Gasteiger partial charge on any atom is 0.242 e. The Hall–Kier alpha value is -3.24. The molecule has 0 aliphatic carbocycles. The molecular weight excluding hydrogens is 370 g/mol. The van der Waals surface area contributed by atoms with Gasteiger partial charge >= 0.3 is 0 Å². The molecule has 0 unspecified atom stereocenters. The Kier molecular flexibility index (Phi) is 4.93. The summed E-state index contributed by atoms with van der Waals surface area (Å²) in [4.78, 5) is 2.74. The lowest BCUT2D eigenvalue weighted by molar-refractivity contribution is 0.319. The molecule has 0 amide bonds. The van der Waals surface area contributed by atoms with Crippen LogP contribution in [0.5, 0.6) is 5.88 Å². The molecule has 0 spiro atoms. The maximum atomic E-state index is 12.1. The first-order chi connectivity index (χ1) is 12.9. The third-order valence-corrected chi connectivity index (χ3v) is 5.46. The van der Waals surface area contributed by atoms with E-state index in [9.17, 15) is 13.5 Å². The van der Waals surface area contributed by atoms with E-state index < -0.39 is 10.0 Å². The summed E-state index contributed by atoms with van der Waals surface area (Å²) in [5.41, 5.74) is 1.91. The highest BCUT2D eigenvalue weighted by atomic mass is 32.2. The molecule has 0 saturated carbocycles. The number of nitrogens with one attached hydrogen (secondary N) is 2. The highest BCUT2D eigenvalue weighted by Gasteiger charge is 2.17. The lowest BCUT2D eigenvalue weighted by Crippen LogP contribution is -2.18. The minimum atomic E-state index is -3.71. The van der Waals surface area contributed by atoms with E-state index in [-0.39, 0.29) is 22.2 Å². The molecule has 2 aromatic carbocycles. The number of sulfonamides is 1. The fraction of sp³-hybridized carbons (Fsp3) is 0.118. The van der Waals surface area contributed by atoms with Gasteiger partial charge in [0.1, 0.15) is 10.6 Å². The monoisotopic (exact) mass is 387 g/mol. The van der Waals surface area contributed by atoms with Gasteiger partial charge in [-0.05, 0) is 43.8 Å². The van der Waals surface area contributed by atoms with Gasteiger partial charge in [-0.2, -0.15) is 0 Å². The summed E-state index contributed by atoms with van der Waals surface area (Å²) in [7, 11) is -2.40. The van der Waals surface area contributed by atoms with E-state index >= 15 is 0 Å². The van der Waals surface area contributed by atoms with Crippen LogP contribution in [0.15, 0.2) is 62.7 Å². The third-order valence-electron chi connectivity index (χ3n) is 4.00. The lowest BCUT2D eigenvalue weighted by Gasteiger charge is -2.04. The van der Waals surface area contributed by atoms with Crippen LogP contribution in [0.25, 0.3) is 10.9 Å². The molecule has 0 atom stereocenters. The quantitative estimate of drug-likeness (QED) is 0.230. The average Bonchev–Trinajstić information content (AvgIpc) is 3.00. The maximum absolute atomic E-state index is 12.1. The van der Waals surface area contributed by atoms with E-state index in [4.69, 9.17) is 5.21 Å². The van der Waals surface area contributed by atoms with Crippen LogP contribution in [-0.4, -0.2) is 36.5 Å². The standard InChI is InChI=1S/C17H17N5O4S/c1-10(22-24)11-7-8-13-12(9-11)16(17(23)19-13)21-20-14-5-3-4-6-15(14)27(25,26)18-2/h3-9,18-19,23-24H,1-2H3. The number of nitrogens with zero attached hydrogens (tertiary/aromatic N) is 3. The fourth-order valence-corrected chi connectivity index (χ4v) is 3.39. The summed E-state index contributed by atoms with van der Waals surface area (Å²) in [6, 6.07) is 11.3. The number of aromatic hydroxyl groups is 1. The molecule has 0 fully saturated rings. The Morgan fingerprint density at radius 2 is 1.89 bits per heavy atom. The van der Waals surface area contributed by atoms with Gasteiger partial charge in [-0.25, -0.2) is 13.1 Å². The summed E-state index contributed by atoms with van der Waals surface area (Å²) in [5.74, 6) is -0.210. The SMILES string of the molecule is CNS(=O)(=O)c1ccccc1N=Nc1c(O)[nH]c2ccc(C(C)=NO)cc12. The van der Waals surface area contributed by atoms with E-state index in [2.05, 4.69) is 25.1 Å². The Balaban J connectivity index is 2.11. The van der Waals surface area contributed by atoms with Gasteiger partial charge in [-0.15, -0.1) is 10.2 Å². The topological polar surface area (TPSA) is 140 Å². The van der Waals surface area contributed by atoms with Gasteiger partial charge in [0, 0.05) is 5.39 Å². The predicted molar refractivity (Wildman–Crippen MR) is 101 cm³/mol. The minimum Gasteiger partial charge on any atom is -0.493 e. The number of hydrogen-bond acceptors (Lipinski definition) is 7. The Morgan fingerprint density at radius 3 is 2.59 bits per heavy atom. The molecule has 1 aromatic heterocycles. The molecule has 0 aliphatic rings. The van der Waals surface area contributed by atoms with Crippen LogP contribution in [0, 0.1) is 0 Å². The van der Waals surface area contributed by atoms with Gasteiger partial charge in [-0.1, -0.05) is 23.4 Å². The van der Waals surface area contributed by atoms with Gasteiger partial charge in [0.05, 0.1) is 11.2 Å². The number of H-pyrrole nitrogens is 1. The number of aromatic amines is 1. The number of benzene rings is 2. The number of azo groups is 1. The van der Waals surface area contributed by atoms with Gasteiger partial charge < -0.3 is 15.3 Å². The third kappa shape index (κ3) is 3.52. The summed E-state index contributed by atoms with van der Waals surface area (Å²) in [5, 5.41) is 30.9. The number of hydrogen-bond donors (Lipinski definition) is 4. The normalized spacial score (nSPS) is 12.9. The van der Waals surface area contributed by atoms with Crippen LogP contribution in [0.3, 0.4) is 0 Å². The van der Waals surface area contributed by atoms with Crippen LogP contribution in [0.1, 0.15) is 12.5 Å². The smallest absolute Gasteiger partial charge is 0.242 e. The predicted octanol–water partition coefficient (Wildman–Crippen LogP) is 3.40. The van der Waals surface area contributed by atoms with Crippen LogP contribution >= 0.6 is 0 Å². The molecule has 27 heavy (non-hydrogen) atoms. The number of oxime groups is 1. The summed E-state index contributed by atoms with van der Waals surface area (Å²) >= 11 is 0. The second-order valence-corrected chi connectivity index (χ2v) is 7.50. The van der Waals surface area contributed by atoms with Gasteiger partial charge in [0.25, 0.3) is 0 Å². The zero-order chi connectivity index (χ0) is 19.6. The van der Waals surface area contributed by atoms with Crippen molar-refractivity contribution in [2.45, 2.75) is 11.8 Å². The number of fused-ring (bicyclic) bond motifs is 1. The number of rotatable bonds is 5. The molecule has 0 aliphatic heterocycles. The molecule has 1 heterocycles. The Morgan fingerprint density at radius 1 is 1.15 bits per heavy atom. The van der Waals surface area contributed by atoms with E-state index in [1.54, 1.807) is 37.3 Å². The second kappa shape index (κ2) is 7.17. The first-order valence-electron chi connectivity index (χ1n) is 7.85. The Labute approximate surface area is 155 Å². The highest BCUT2D eigenvalue weighted by Crippen LogP contribution is 2.37. The first kappa shape index (κ1) is 18.5. The molecule has 0 radical (unpaired) electrons. The highest BCUT2D eigenvalue weighted by molar-refractivity contribution is 7.89. The van der Waals surface area contributed by atoms with Crippen LogP contribution in [0.4, 0.5) is 11.4 Å². The van der Waals surface area contributed by atoms with Crippen LogP contribution < -0.4 is 4.72 Å². The van der Waals surface area contributed by atoms with Crippen molar-refractivity contribution in [1.29, 1.82) is 0 Å². The molecule has 0 bridgehead atoms. The van der Waals surface area contributed by atoms with E-state index in [1.807, 2.05) is 0 Å². The molecule has 10 heteroatoms. The van der Waals surface area contributed by atoms with Gasteiger partial charge in [0.15, 0.2) is 5.69 Å². The van der Waals surface area contributed by atoms with Crippen molar-refractivity contribution in [3.63, 3.8) is 0 Å². The molecule has 4 N–H and O–H groups in total. The molecular formula is C17H17N5O4S. The van der Waals surface area contributed by atoms with Crippen molar-refractivity contribution >= 4 is 38.0 Å². The lowest BCUT2D eigenvalue weighted by atomic mass is 10.1. The van der Waals surface area contributed by atoms with Crippen molar-refractivity contribution in [1.82, 2.24) is 9.71 Å². The van der Waals surface area contributed by atoms with E-state index in [0.717, 1.165) is 0 Å². The van der Waals surface area contributed by atoms with Crippen LogP contribution in [-0.2, 0) is 10.0 Å². The van der Waals surface area contributed by atoms with Crippen molar-refractivity contribution < 1.29 is 18.7 Å². The van der Waals surface area contributed by atoms with E-state index in [1.165, 1.54) is 19.2 Å².